The van der Waals surface area contributed by atoms with E-state index in [4.69, 9.17) is 0 Å². The molecule has 1 N–H and O–H groups in total. The van der Waals surface area contributed by atoms with Crippen molar-refractivity contribution in [2.75, 3.05) is 0 Å². The average molecular weight is 289 g/mol. The largest absolute Gasteiger partial charge is 0.392 e. The van der Waals surface area contributed by atoms with Crippen LogP contribution in [0.1, 0.15) is 58.2 Å². The van der Waals surface area contributed by atoms with Gasteiger partial charge in [-0.15, -0.1) is 0 Å². The lowest BCUT2D eigenvalue weighted by Gasteiger charge is -2.66. The highest BCUT2D eigenvalue weighted by atomic mass is 16.3. The molecule has 0 spiro atoms. The zero-order valence-electron chi connectivity index (χ0n) is 13.5. The van der Waals surface area contributed by atoms with Gasteiger partial charge in [-0.05, 0) is 60.7 Å². The highest BCUT2D eigenvalue weighted by Crippen LogP contribution is 2.70. The van der Waals surface area contributed by atoms with Gasteiger partial charge in [0.25, 0.3) is 0 Å². The van der Waals surface area contributed by atoms with E-state index in [0.717, 1.165) is 11.7 Å². The Hall–Kier alpha value is -0.900. The summed E-state index contributed by atoms with van der Waals surface area (Å²) in [5.41, 5.74) is 1.03. The molecule has 0 amide bonds. The zero-order valence-corrected chi connectivity index (χ0v) is 13.5. The van der Waals surface area contributed by atoms with Crippen LogP contribution in [-0.4, -0.2) is 26.0 Å². The van der Waals surface area contributed by atoms with Crippen LogP contribution in [0.4, 0.5) is 0 Å². The van der Waals surface area contributed by atoms with Crippen LogP contribution in [0, 0.1) is 22.2 Å². The quantitative estimate of drug-likeness (QED) is 0.931. The number of aromatic nitrogens is 3. The van der Waals surface area contributed by atoms with Crippen LogP contribution in [-0.2, 0) is 13.5 Å². The Bertz CT molecular complexity index is 548. The molecule has 4 fully saturated rings. The van der Waals surface area contributed by atoms with Crippen molar-refractivity contribution in [1.82, 2.24) is 14.8 Å². The summed E-state index contributed by atoms with van der Waals surface area (Å²) in [6.45, 7) is 4.92. The fourth-order valence-corrected chi connectivity index (χ4v) is 6.80. The van der Waals surface area contributed by atoms with Crippen molar-refractivity contribution in [3.8, 4) is 0 Å². The van der Waals surface area contributed by atoms with Gasteiger partial charge in [-0.2, -0.15) is 5.10 Å². The third-order valence-corrected chi connectivity index (χ3v) is 6.56. The van der Waals surface area contributed by atoms with E-state index >= 15 is 0 Å². The number of hydrogen-bond acceptors (Lipinski definition) is 3. The number of aliphatic hydroxyl groups excluding tert-OH is 1. The Balaban J connectivity index is 1.63. The average Bonchev–Trinajstić information content (AvgIpc) is 2.70. The molecule has 4 nitrogen and oxygen atoms in total. The van der Waals surface area contributed by atoms with Crippen molar-refractivity contribution in [2.24, 2.45) is 29.2 Å². The lowest BCUT2D eigenvalue weighted by atomic mass is 9.39. The first-order valence-electron chi connectivity index (χ1n) is 8.33. The zero-order chi connectivity index (χ0) is 14.9. The van der Waals surface area contributed by atoms with E-state index in [2.05, 4.69) is 23.9 Å². The highest BCUT2D eigenvalue weighted by Gasteiger charge is 2.62. The minimum Gasteiger partial charge on any atom is -0.392 e. The summed E-state index contributed by atoms with van der Waals surface area (Å²) >= 11 is 0. The van der Waals surface area contributed by atoms with E-state index in [9.17, 15) is 5.11 Å². The fraction of sp³-hybridized carbons (Fsp3) is 0.882. The number of hydrogen-bond donors (Lipinski definition) is 1. The molecule has 4 heteroatoms. The lowest BCUT2D eigenvalue weighted by molar-refractivity contribution is -0.185. The highest BCUT2D eigenvalue weighted by molar-refractivity contribution is 5.13. The Labute approximate surface area is 127 Å². The van der Waals surface area contributed by atoms with Crippen LogP contribution < -0.4 is 0 Å². The molecule has 116 valence electrons. The van der Waals surface area contributed by atoms with Gasteiger partial charge in [-0.25, -0.2) is 4.98 Å². The van der Waals surface area contributed by atoms with Crippen molar-refractivity contribution in [3.05, 3.63) is 12.2 Å². The summed E-state index contributed by atoms with van der Waals surface area (Å²) in [4.78, 5) is 4.31. The number of rotatable bonds is 3. The Morgan fingerprint density at radius 3 is 2.43 bits per heavy atom. The maximum Gasteiger partial charge on any atom is 0.138 e. The molecule has 21 heavy (non-hydrogen) atoms. The van der Waals surface area contributed by atoms with E-state index in [1.807, 2.05) is 7.05 Å². The molecule has 1 heterocycles. The van der Waals surface area contributed by atoms with E-state index in [-0.39, 0.29) is 11.5 Å². The smallest absolute Gasteiger partial charge is 0.138 e. The Morgan fingerprint density at radius 2 is 1.90 bits per heavy atom. The molecular weight excluding hydrogens is 262 g/mol. The summed E-state index contributed by atoms with van der Waals surface area (Å²) in [5.74, 6) is 1.74. The molecule has 0 aliphatic heterocycles. The molecule has 4 saturated carbocycles. The first-order valence-corrected chi connectivity index (χ1v) is 8.33. The van der Waals surface area contributed by atoms with Crippen molar-refractivity contribution in [3.63, 3.8) is 0 Å². The second-order valence-electron chi connectivity index (χ2n) is 9.01. The second-order valence-corrected chi connectivity index (χ2v) is 9.01. The van der Waals surface area contributed by atoms with E-state index < -0.39 is 0 Å². The number of aliphatic hydroxyl groups is 1. The predicted octanol–water partition coefficient (Wildman–Crippen LogP) is 2.72. The van der Waals surface area contributed by atoms with Gasteiger partial charge >= 0.3 is 0 Å². The Kier molecular flexibility index (Phi) is 2.68. The van der Waals surface area contributed by atoms with Crippen LogP contribution in [0.3, 0.4) is 0 Å². The molecule has 0 radical (unpaired) electrons. The van der Waals surface area contributed by atoms with Gasteiger partial charge in [0.15, 0.2) is 0 Å². The Morgan fingerprint density at radius 1 is 1.24 bits per heavy atom. The summed E-state index contributed by atoms with van der Waals surface area (Å²) in [7, 11) is 1.91. The van der Waals surface area contributed by atoms with Gasteiger partial charge in [0, 0.05) is 13.5 Å². The van der Waals surface area contributed by atoms with Crippen LogP contribution in [0.15, 0.2) is 6.33 Å². The second kappa shape index (κ2) is 4.09. The molecule has 3 atom stereocenters. The van der Waals surface area contributed by atoms with Crippen LogP contribution in [0.25, 0.3) is 0 Å². The van der Waals surface area contributed by atoms with Crippen molar-refractivity contribution in [2.45, 2.75) is 64.9 Å². The summed E-state index contributed by atoms with van der Waals surface area (Å²) in [6, 6.07) is 0. The van der Waals surface area contributed by atoms with Gasteiger partial charge in [0.2, 0.25) is 0 Å². The SMILES string of the molecule is Cn1ncnc1CC(O)C12CC3CC(C)(CC(C)(C3)C1)C2. The summed E-state index contributed by atoms with van der Waals surface area (Å²) in [6.07, 6.45) is 9.69. The third-order valence-electron chi connectivity index (χ3n) is 6.56. The molecular formula is C17H27N3O. The lowest BCUT2D eigenvalue weighted by Crippen LogP contribution is -2.59. The molecule has 1 aromatic heterocycles. The minimum absolute atomic E-state index is 0.120. The van der Waals surface area contributed by atoms with Crippen LogP contribution in [0.2, 0.25) is 0 Å². The standard InChI is InChI=1S/C17H27N3O/c1-15-5-12-6-16(2,8-15)10-17(7-12,9-15)13(21)4-14-18-11-19-20(14)3/h11-13,21H,4-10H2,1-3H3. The molecule has 0 saturated heterocycles. The van der Waals surface area contributed by atoms with Crippen LogP contribution >= 0.6 is 0 Å². The van der Waals surface area contributed by atoms with Gasteiger partial charge < -0.3 is 5.11 Å². The third kappa shape index (κ3) is 2.06. The monoisotopic (exact) mass is 289 g/mol. The van der Waals surface area contributed by atoms with Crippen LogP contribution in [0.5, 0.6) is 0 Å². The summed E-state index contributed by atoms with van der Waals surface area (Å²) in [5, 5.41) is 15.2. The normalized spacial score (nSPS) is 46.0. The summed E-state index contributed by atoms with van der Waals surface area (Å²) < 4.78 is 1.80. The molecule has 3 unspecified atom stereocenters. The predicted molar refractivity (Wildman–Crippen MR) is 80.6 cm³/mol. The molecule has 0 aromatic carbocycles. The minimum atomic E-state index is -0.276. The van der Waals surface area contributed by atoms with Gasteiger partial charge in [0.1, 0.15) is 12.2 Å². The van der Waals surface area contributed by atoms with Gasteiger partial charge in [-0.3, -0.25) is 4.68 Å². The number of aryl methyl sites for hydroxylation is 1. The van der Waals surface area contributed by atoms with Gasteiger partial charge in [-0.1, -0.05) is 13.8 Å². The molecule has 1 aromatic rings. The maximum absolute atomic E-state index is 11.1. The first-order chi connectivity index (χ1) is 9.82. The van der Waals surface area contributed by atoms with E-state index in [1.54, 1.807) is 11.0 Å². The maximum atomic E-state index is 11.1. The topological polar surface area (TPSA) is 50.9 Å². The van der Waals surface area contributed by atoms with Crippen molar-refractivity contribution < 1.29 is 5.11 Å². The van der Waals surface area contributed by atoms with Gasteiger partial charge in [0.05, 0.1) is 6.10 Å². The van der Waals surface area contributed by atoms with Crippen molar-refractivity contribution in [1.29, 1.82) is 0 Å². The molecule has 5 rings (SSSR count). The molecule has 4 bridgehead atoms. The molecule has 4 aliphatic rings. The first kappa shape index (κ1) is 13.7. The number of nitrogens with zero attached hydrogens (tertiary/aromatic N) is 3. The van der Waals surface area contributed by atoms with Crippen molar-refractivity contribution >= 4 is 0 Å². The fourth-order valence-electron chi connectivity index (χ4n) is 6.80. The molecule has 4 aliphatic carbocycles. The van der Waals surface area contributed by atoms with E-state index in [0.29, 0.717) is 17.3 Å². The van der Waals surface area contributed by atoms with E-state index in [1.165, 1.54) is 38.5 Å².